The minimum atomic E-state index is -0.583. The summed E-state index contributed by atoms with van der Waals surface area (Å²) in [6, 6.07) is 13.3. The molecule has 0 aliphatic rings. The molecule has 0 radical (unpaired) electrons. The van der Waals surface area contributed by atoms with Gasteiger partial charge in [0.25, 0.3) is 11.8 Å². The van der Waals surface area contributed by atoms with E-state index in [1.165, 1.54) is 0 Å². The number of hydrogen-bond acceptors (Lipinski definition) is 6. The van der Waals surface area contributed by atoms with Crippen LogP contribution < -0.4 is 20.5 Å². The first-order chi connectivity index (χ1) is 13.5. The SMILES string of the molecule is CCOc1ccc(C(=O)NCC(=O)OCc2cccc(OCC(N)=O)c2)cc1. The Morgan fingerprint density at radius 1 is 1.00 bits per heavy atom. The minimum Gasteiger partial charge on any atom is -0.494 e. The highest BCUT2D eigenvalue weighted by Gasteiger charge is 2.10. The maximum atomic E-state index is 12.1. The molecule has 0 aliphatic carbocycles. The molecule has 0 bridgehead atoms. The van der Waals surface area contributed by atoms with Crippen molar-refractivity contribution in [2.24, 2.45) is 5.73 Å². The van der Waals surface area contributed by atoms with E-state index in [0.29, 0.717) is 29.2 Å². The van der Waals surface area contributed by atoms with Gasteiger partial charge in [0.1, 0.15) is 24.7 Å². The number of nitrogens with two attached hydrogens (primary N) is 1. The molecule has 0 aliphatic heterocycles. The molecule has 0 saturated carbocycles. The highest BCUT2D eigenvalue weighted by atomic mass is 16.5. The van der Waals surface area contributed by atoms with Gasteiger partial charge in [-0.05, 0) is 48.9 Å². The van der Waals surface area contributed by atoms with Crippen LogP contribution in [0.25, 0.3) is 0 Å². The number of benzene rings is 2. The molecule has 0 aromatic heterocycles. The van der Waals surface area contributed by atoms with Crippen molar-refractivity contribution in [3.8, 4) is 11.5 Å². The second-order valence-electron chi connectivity index (χ2n) is 5.70. The quantitative estimate of drug-likeness (QED) is 0.597. The van der Waals surface area contributed by atoms with Crippen LogP contribution in [0, 0.1) is 0 Å². The Labute approximate surface area is 162 Å². The van der Waals surface area contributed by atoms with Gasteiger partial charge in [0, 0.05) is 5.56 Å². The van der Waals surface area contributed by atoms with Crippen LogP contribution in [0.5, 0.6) is 11.5 Å². The second kappa shape index (κ2) is 10.6. The zero-order chi connectivity index (χ0) is 20.4. The predicted octanol–water partition coefficient (Wildman–Crippen LogP) is 1.42. The fourth-order valence-electron chi connectivity index (χ4n) is 2.22. The topological polar surface area (TPSA) is 117 Å². The van der Waals surface area contributed by atoms with E-state index in [9.17, 15) is 14.4 Å². The lowest BCUT2D eigenvalue weighted by molar-refractivity contribution is -0.143. The van der Waals surface area contributed by atoms with Gasteiger partial charge in [0.15, 0.2) is 6.61 Å². The van der Waals surface area contributed by atoms with Crippen LogP contribution >= 0.6 is 0 Å². The average Bonchev–Trinajstić information content (AvgIpc) is 2.70. The lowest BCUT2D eigenvalue weighted by Gasteiger charge is -2.09. The highest BCUT2D eigenvalue weighted by molar-refractivity contribution is 5.96. The van der Waals surface area contributed by atoms with Crippen LogP contribution in [0.2, 0.25) is 0 Å². The number of rotatable bonds is 10. The van der Waals surface area contributed by atoms with Crippen molar-refractivity contribution in [1.29, 1.82) is 0 Å². The molecule has 3 N–H and O–H groups in total. The van der Waals surface area contributed by atoms with E-state index in [4.69, 9.17) is 19.9 Å². The summed E-state index contributed by atoms with van der Waals surface area (Å²) in [6.07, 6.45) is 0. The highest BCUT2D eigenvalue weighted by Crippen LogP contribution is 2.14. The van der Waals surface area contributed by atoms with Gasteiger partial charge in [0.05, 0.1) is 6.61 Å². The first kappa shape index (κ1) is 20.8. The Morgan fingerprint density at radius 2 is 1.75 bits per heavy atom. The summed E-state index contributed by atoms with van der Waals surface area (Å²) in [4.78, 5) is 34.6. The fraction of sp³-hybridized carbons (Fsp3) is 0.250. The second-order valence-corrected chi connectivity index (χ2v) is 5.70. The number of carbonyl (C=O) groups excluding carboxylic acids is 3. The van der Waals surface area contributed by atoms with Crippen molar-refractivity contribution < 1.29 is 28.6 Å². The summed E-state index contributed by atoms with van der Waals surface area (Å²) in [6.45, 7) is 1.92. The molecule has 0 heterocycles. The summed E-state index contributed by atoms with van der Waals surface area (Å²) in [5, 5.41) is 2.50. The van der Waals surface area contributed by atoms with Crippen LogP contribution in [0.4, 0.5) is 0 Å². The maximum absolute atomic E-state index is 12.1. The first-order valence-corrected chi connectivity index (χ1v) is 8.64. The minimum absolute atomic E-state index is 0.00548. The van der Waals surface area contributed by atoms with E-state index >= 15 is 0 Å². The Morgan fingerprint density at radius 3 is 2.43 bits per heavy atom. The molecule has 0 unspecified atom stereocenters. The van der Waals surface area contributed by atoms with Crippen LogP contribution in [0.1, 0.15) is 22.8 Å². The summed E-state index contributed by atoms with van der Waals surface area (Å²) >= 11 is 0. The molecule has 0 fully saturated rings. The standard InChI is InChI=1S/C20H22N2O6/c1-2-26-16-8-6-15(7-9-16)20(25)22-11-19(24)28-12-14-4-3-5-17(10-14)27-13-18(21)23/h3-10H,2,11-13H2,1H3,(H2,21,23)(H,22,25). The van der Waals surface area contributed by atoms with Crippen LogP contribution in [-0.2, 0) is 20.9 Å². The van der Waals surface area contributed by atoms with Crippen molar-refractivity contribution in [3.05, 3.63) is 59.7 Å². The Kier molecular flexibility index (Phi) is 7.83. The average molecular weight is 386 g/mol. The van der Waals surface area contributed by atoms with Crippen LogP contribution in [0.15, 0.2) is 48.5 Å². The maximum Gasteiger partial charge on any atom is 0.325 e. The molecule has 0 spiro atoms. The van der Waals surface area contributed by atoms with Crippen molar-refractivity contribution in [3.63, 3.8) is 0 Å². The van der Waals surface area contributed by atoms with Crippen LogP contribution in [0.3, 0.4) is 0 Å². The molecule has 0 atom stereocenters. The number of carbonyl (C=O) groups is 3. The van der Waals surface area contributed by atoms with E-state index in [1.807, 2.05) is 6.92 Å². The van der Waals surface area contributed by atoms with Crippen molar-refractivity contribution in [2.75, 3.05) is 19.8 Å². The van der Waals surface area contributed by atoms with E-state index < -0.39 is 11.9 Å². The largest absolute Gasteiger partial charge is 0.494 e. The zero-order valence-corrected chi connectivity index (χ0v) is 15.5. The number of hydrogen-bond donors (Lipinski definition) is 2. The number of ether oxygens (including phenoxy) is 3. The lowest BCUT2D eigenvalue weighted by Crippen LogP contribution is -2.30. The number of amides is 2. The van der Waals surface area contributed by atoms with Crippen LogP contribution in [-0.4, -0.2) is 37.5 Å². The first-order valence-electron chi connectivity index (χ1n) is 8.64. The molecule has 2 rings (SSSR count). The van der Waals surface area contributed by atoms with Gasteiger partial charge in [-0.1, -0.05) is 12.1 Å². The van der Waals surface area contributed by atoms with E-state index in [0.717, 1.165) is 0 Å². The van der Waals surface area contributed by atoms with Crippen molar-refractivity contribution in [2.45, 2.75) is 13.5 Å². The van der Waals surface area contributed by atoms with E-state index in [1.54, 1.807) is 48.5 Å². The molecular formula is C20H22N2O6. The Bertz CT molecular complexity index is 820. The normalized spacial score (nSPS) is 10.0. The molecule has 8 heteroatoms. The van der Waals surface area contributed by atoms with Gasteiger partial charge in [-0.15, -0.1) is 0 Å². The molecule has 28 heavy (non-hydrogen) atoms. The third-order valence-electron chi connectivity index (χ3n) is 3.50. The summed E-state index contributed by atoms with van der Waals surface area (Å²) < 4.78 is 15.6. The summed E-state index contributed by atoms with van der Waals surface area (Å²) in [5.74, 6) is -0.443. The molecular weight excluding hydrogens is 364 g/mol. The van der Waals surface area contributed by atoms with Crippen molar-refractivity contribution >= 4 is 17.8 Å². The third kappa shape index (κ3) is 6.99. The molecule has 8 nitrogen and oxygen atoms in total. The molecule has 0 saturated heterocycles. The van der Waals surface area contributed by atoms with Gasteiger partial charge >= 0.3 is 5.97 Å². The van der Waals surface area contributed by atoms with E-state index in [-0.39, 0.29) is 25.7 Å². The van der Waals surface area contributed by atoms with Crippen molar-refractivity contribution in [1.82, 2.24) is 5.32 Å². The predicted molar refractivity (Wildman–Crippen MR) is 101 cm³/mol. The number of esters is 1. The monoisotopic (exact) mass is 386 g/mol. The summed E-state index contributed by atoms with van der Waals surface area (Å²) in [5.41, 5.74) is 6.11. The molecule has 2 aromatic rings. The Hall–Kier alpha value is -3.55. The van der Waals surface area contributed by atoms with Gasteiger partial charge < -0.3 is 25.3 Å². The Balaban J connectivity index is 1.77. The number of nitrogens with one attached hydrogen (secondary N) is 1. The van der Waals surface area contributed by atoms with Gasteiger partial charge in [-0.2, -0.15) is 0 Å². The molecule has 148 valence electrons. The third-order valence-corrected chi connectivity index (χ3v) is 3.50. The number of primary amides is 1. The zero-order valence-electron chi connectivity index (χ0n) is 15.5. The molecule has 2 aromatic carbocycles. The van der Waals surface area contributed by atoms with Gasteiger partial charge in [0.2, 0.25) is 0 Å². The lowest BCUT2D eigenvalue weighted by atomic mass is 10.2. The smallest absolute Gasteiger partial charge is 0.325 e. The molecule has 2 amide bonds. The van der Waals surface area contributed by atoms with E-state index in [2.05, 4.69) is 5.32 Å². The fourth-order valence-corrected chi connectivity index (χ4v) is 2.22. The van der Waals surface area contributed by atoms with Gasteiger partial charge in [-0.3, -0.25) is 14.4 Å². The van der Waals surface area contributed by atoms with Gasteiger partial charge in [-0.25, -0.2) is 0 Å². The summed E-state index contributed by atoms with van der Waals surface area (Å²) in [7, 11) is 0.